The Morgan fingerprint density at radius 1 is 1.08 bits per heavy atom. The van der Waals surface area contributed by atoms with Crippen LogP contribution in [0.4, 0.5) is 4.39 Å². The number of rotatable bonds is 8. The minimum atomic E-state index is -0.622. The van der Waals surface area contributed by atoms with E-state index in [0.29, 0.717) is 23.9 Å². The number of ether oxygens (including phenoxy) is 1. The van der Waals surface area contributed by atoms with Crippen molar-refractivity contribution in [1.82, 2.24) is 4.90 Å². The minimum Gasteiger partial charge on any atom is -0.491 e. The van der Waals surface area contributed by atoms with Crippen molar-refractivity contribution in [2.75, 3.05) is 13.2 Å². The van der Waals surface area contributed by atoms with E-state index in [2.05, 4.69) is 18.7 Å². The quantitative estimate of drug-likeness (QED) is 0.776. The number of aliphatic hydroxyl groups excluding tert-OH is 1. The van der Waals surface area contributed by atoms with Crippen LogP contribution in [0, 0.1) is 5.82 Å². The largest absolute Gasteiger partial charge is 0.491 e. The lowest BCUT2D eigenvalue weighted by atomic mass is 10.1. The van der Waals surface area contributed by atoms with Crippen molar-refractivity contribution in [3.05, 3.63) is 64.9 Å². The first-order valence-electron chi connectivity index (χ1n) is 7.99. The van der Waals surface area contributed by atoms with Gasteiger partial charge in [0.25, 0.3) is 0 Å². The lowest BCUT2D eigenvalue weighted by molar-refractivity contribution is 0.0543. The van der Waals surface area contributed by atoms with Gasteiger partial charge < -0.3 is 9.84 Å². The zero-order chi connectivity index (χ0) is 17.5. The Kier molecular flexibility index (Phi) is 7.03. The Morgan fingerprint density at radius 2 is 1.71 bits per heavy atom. The monoisotopic (exact) mass is 351 g/mol. The van der Waals surface area contributed by atoms with Crippen LogP contribution in [-0.2, 0) is 6.54 Å². The van der Waals surface area contributed by atoms with Crippen LogP contribution in [0.25, 0.3) is 0 Å². The molecule has 0 radical (unpaired) electrons. The van der Waals surface area contributed by atoms with Crippen LogP contribution in [0.15, 0.2) is 48.5 Å². The summed E-state index contributed by atoms with van der Waals surface area (Å²) in [5.41, 5.74) is 1.01. The van der Waals surface area contributed by atoms with Gasteiger partial charge in [-0.25, -0.2) is 4.39 Å². The van der Waals surface area contributed by atoms with Crippen LogP contribution in [0.5, 0.6) is 5.75 Å². The van der Waals surface area contributed by atoms with Gasteiger partial charge in [0.05, 0.1) is 0 Å². The highest BCUT2D eigenvalue weighted by molar-refractivity contribution is 6.30. The highest BCUT2D eigenvalue weighted by Crippen LogP contribution is 2.16. The van der Waals surface area contributed by atoms with E-state index in [1.807, 2.05) is 0 Å². The Morgan fingerprint density at radius 3 is 2.29 bits per heavy atom. The Balaban J connectivity index is 1.87. The summed E-state index contributed by atoms with van der Waals surface area (Å²) < 4.78 is 18.6. The van der Waals surface area contributed by atoms with E-state index in [-0.39, 0.29) is 18.5 Å². The fourth-order valence-electron chi connectivity index (χ4n) is 2.33. The van der Waals surface area contributed by atoms with Gasteiger partial charge in [0.1, 0.15) is 24.3 Å². The van der Waals surface area contributed by atoms with Gasteiger partial charge in [-0.2, -0.15) is 0 Å². The number of benzene rings is 2. The van der Waals surface area contributed by atoms with Crippen LogP contribution >= 0.6 is 11.6 Å². The highest BCUT2D eigenvalue weighted by Gasteiger charge is 2.16. The number of halogens is 2. The van der Waals surface area contributed by atoms with Crippen LogP contribution in [-0.4, -0.2) is 35.3 Å². The molecule has 0 unspecified atom stereocenters. The number of nitrogens with zero attached hydrogens (tertiary/aromatic N) is 1. The summed E-state index contributed by atoms with van der Waals surface area (Å²) in [6.45, 7) is 5.46. The van der Waals surface area contributed by atoms with Crippen molar-refractivity contribution in [3.63, 3.8) is 0 Å². The van der Waals surface area contributed by atoms with Crippen molar-refractivity contribution in [2.45, 2.75) is 32.5 Å². The van der Waals surface area contributed by atoms with Gasteiger partial charge in [0.15, 0.2) is 0 Å². The lowest BCUT2D eigenvalue weighted by Gasteiger charge is -2.28. The van der Waals surface area contributed by atoms with Gasteiger partial charge >= 0.3 is 0 Å². The Hall–Kier alpha value is -1.62. The van der Waals surface area contributed by atoms with E-state index in [1.165, 1.54) is 12.1 Å². The number of hydrogen-bond acceptors (Lipinski definition) is 3. The molecular weight excluding hydrogens is 329 g/mol. The van der Waals surface area contributed by atoms with Gasteiger partial charge in [-0.1, -0.05) is 23.7 Å². The van der Waals surface area contributed by atoms with Crippen molar-refractivity contribution in [1.29, 1.82) is 0 Å². The maximum atomic E-state index is 13.0. The molecule has 0 amide bonds. The van der Waals surface area contributed by atoms with Crippen LogP contribution < -0.4 is 4.74 Å². The summed E-state index contributed by atoms with van der Waals surface area (Å²) in [5, 5.41) is 10.9. The Bertz CT molecular complexity index is 616. The third-order valence-corrected chi connectivity index (χ3v) is 3.98. The van der Waals surface area contributed by atoms with Gasteiger partial charge in [0.2, 0.25) is 0 Å². The summed E-state index contributed by atoms with van der Waals surface area (Å²) >= 11 is 5.83. The van der Waals surface area contributed by atoms with Crippen molar-refractivity contribution in [2.24, 2.45) is 0 Å². The SMILES string of the molecule is CC(C)N(Cc1ccc(F)cc1)C[C@@H](O)COc1ccc(Cl)cc1. The molecule has 0 bridgehead atoms. The minimum absolute atomic E-state index is 0.203. The molecule has 0 saturated carbocycles. The molecule has 0 aliphatic rings. The molecule has 1 atom stereocenters. The fourth-order valence-corrected chi connectivity index (χ4v) is 2.45. The van der Waals surface area contributed by atoms with E-state index in [0.717, 1.165) is 5.56 Å². The van der Waals surface area contributed by atoms with E-state index in [1.54, 1.807) is 36.4 Å². The van der Waals surface area contributed by atoms with Crippen LogP contribution in [0.1, 0.15) is 19.4 Å². The Labute approximate surface area is 147 Å². The first-order chi connectivity index (χ1) is 11.4. The topological polar surface area (TPSA) is 32.7 Å². The van der Waals surface area contributed by atoms with E-state index < -0.39 is 6.10 Å². The van der Waals surface area contributed by atoms with Gasteiger partial charge in [-0.3, -0.25) is 4.90 Å². The highest BCUT2D eigenvalue weighted by atomic mass is 35.5. The van der Waals surface area contributed by atoms with Gasteiger partial charge in [-0.15, -0.1) is 0 Å². The predicted molar refractivity (Wildman–Crippen MR) is 94.9 cm³/mol. The fraction of sp³-hybridized carbons (Fsp3) is 0.368. The van der Waals surface area contributed by atoms with E-state index in [9.17, 15) is 9.50 Å². The maximum Gasteiger partial charge on any atom is 0.123 e. The summed E-state index contributed by atoms with van der Waals surface area (Å²) in [6.07, 6.45) is -0.622. The van der Waals surface area contributed by atoms with Crippen molar-refractivity contribution >= 4 is 11.6 Å². The van der Waals surface area contributed by atoms with E-state index >= 15 is 0 Å². The second kappa shape index (κ2) is 9.02. The molecule has 0 saturated heterocycles. The molecular formula is C19H23ClFNO2. The third kappa shape index (κ3) is 6.11. The van der Waals surface area contributed by atoms with E-state index in [4.69, 9.17) is 16.3 Å². The zero-order valence-corrected chi connectivity index (χ0v) is 14.7. The second-order valence-electron chi connectivity index (χ2n) is 6.07. The average molecular weight is 352 g/mol. The number of aliphatic hydroxyl groups is 1. The number of hydrogen-bond donors (Lipinski definition) is 1. The molecule has 1 N–H and O–H groups in total. The average Bonchev–Trinajstić information content (AvgIpc) is 2.55. The van der Waals surface area contributed by atoms with Gasteiger partial charge in [-0.05, 0) is 55.8 Å². The molecule has 5 heteroatoms. The molecule has 2 aromatic rings. The van der Waals surface area contributed by atoms with Crippen LogP contribution in [0.3, 0.4) is 0 Å². The summed E-state index contributed by atoms with van der Waals surface area (Å²) in [4.78, 5) is 2.13. The smallest absolute Gasteiger partial charge is 0.123 e. The molecule has 0 fully saturated rings. The molecule has 2 rings (SSSR count). The zero-order valence-electron chi connectivity index (χ0n) is 14.0. The molecule has 0 heterocycles. The molecule has 0 aliphatic carbocycles. The standard InChI is InChI=1S/C19H23ClFNO2/c1-14(2)22(11-15-3-7-17(21)8-4-15)12-18(23)13-24-19-9-5-16(20)6-10-19/h3-10,14,18,23H,11-13H2,1-2H3/t18-/m1/s1. The maximum absolute atomic E-state index is 13.0. The normalized spacial score (nSPS) is 12.6. The second-order valence-corrected chi connectivity index (χ2v) is 6.50. The molecule has 130 valence electrons. The molecule has 0 aromatic heterocycles. The van der Waals surface area contributed by atoms with Crippen LogP contribution in [0.2, 0.25) is 5.02 Å². The summed E-state index contributed by atoms with van der Waals surface area (Å²) in [5.74, 6) is 0.430. The molecule has 0 spiro atoms. The molecule has 2 aromatic carbocycles. The first kappa shape index (κ1) is 18.7. The summed E-state index contributed by atoms with van der Waals surface area (Å²) in [6, 6.07) is 13.7. The molecule has 24 heavy (non-hydrogen) atoms. The third-order valence-electron chi connectivity index (χ3n) is 3.73. The predicted octanol–water partition coefficient (Wildman–Crippen LogP) is 4.13. The molecule has 0 aliphatic heterocycles. The molecule has 3 nitrogen and oxygen atoms in total. The van der Waals surface area contributed by atoms with Gasteiger partial charge in [0, 0.05) is 24.2 Å². The summed E-state index contributed by atoms with van der Waals surface area (Å²) in [7, 11) is 0. The van der Waals surface area contributed by atoms with Crippen molar-refractivity contribution in [3.8, 4) is 5.75 Å². The lowest BCUT2D eigenvalue weighted by Crippen LogP contribution is -2.39. The van der Waals surface area contributed by atoms with Crippen molar-refractivity contribution < 1.29 is 14.2 Å². The first-order valence-corrected chi connectivity index (χ1v) is 8.37.